The van der Waals surface area contributed by atoms with Gasteiger partial charge in [-0.15, -0.1) is 0 Å². The van der Waals surface area contributed by atoms with Gasteiger partial charge in [-0.3, -0.25) is 0 Å². The molecule has 4 N–H and O–H groups in total. The minimum atomic E-state index is 0.485. The summed E-state index contributed by atoms with van der Waals surface area (Å²) in [5.74, 6) is 2.36. The Labute approximate surface area is 176 Å². The number of allylic oxidation sites excluding steroid dienone is 6. The number of ether oxygens (including phenoxy) is 2. The highest BCUT2D eigenvalue weighted by atomic mass is 35.5. The van der Waals surface area contributed by atoms with Crippen molar-refractivity contribution in [2.24, 2.45) is 0 Å². The molecular weight excluding hydrogens is 384 g/mol. The summed E-state index contributed by atoms with van der Waals surface area (Å²) in [6.07, 6.45) is 11.0. The molecule has 0 amide bonds. The van der Waals surface area contributed by atoms with E-state index in [1.807, 2.05) is 66.8 Å². The quantitative estimate of drug-likeness (QED) is 0.693. The van der Waals surface area contributed by atoms with Crippen molar-refractivity contribution in [3.8, 4) is 11.5 Å². The fourth-order valence-electron chi connectivity index (χ4n) is 3.37. The highest BCUT2D eigenvalue weighted by molar-refractivity contribution is 6.32. The van der Waals surface area contributed by atoms with Crippen LogP contribution in [0.25, 0.3) is 0 Å². The van der Waals surface area contributed by atoms with Gasteiger partial charge in [-0.1, -0.05) is 48.0 Å². The fourth-order valence-corrected chi connectivity index (χ4v) is 3.68. The lowest BCUT2D eigenvalue weighted by molar-refractivity contribution is -0.256. The molecule has 0 saturated heterocycles. The number of anilines is 1. The van der Waals surface area contributed by atoms with Crippen LogP contribution in [0.1, 0.15) is 19.3 Å². The Kier molecular flexibility index (Phi) is 6.03. The van der Waals surface area contributed by atoms with Gasteiger partial charge in [0.25, 0.3) is 0 Å². The van der Waals surface area contributed by atoms with E-state index in [4.69, 9.17) is 21.1 Å². The van der Waals surface area contributed by atoms with Crippen molar-refractivity contribution in [1.82, 2.24) is 0 Å². The molecule has 1 aliphatic carbocycles. The zero-order chi connectivity index (χ0) is 20.1. The number of hydrogen-bond donors (Lipinski definition) is 2. The number of halogens is 1. The van der Waals surface area contributed by atoms with Crippen LogP contribution >= 0.6 is 11.6 Å². The van der Waals surface area contributed by atoms with Crippen LogP contribution in [0.15, 0.2) is 94.9 Å². The highest BCUT2D eigenvalue weighted by Crippen LogP contribution is 2.35. The second-order valence-electron chi connectivity index (χ2n) is 6.96. The van der Waals surface area contributed by atoms with Crippen molar-refractivity contribution in [3.63, 3.8) is 0 Å². The molecule has 0 unspecified atom stereocenters. The van der Waals surface area contributed by atoms with Crippen LogP contribution in [-0.2, 0) is 0 Å². The summed E-state index contributed by atoms with van der Waals surface area (Å²) in [6, 6.07) is 15.6. The Morgan fingerprint density at radius 1 is 1.07 bits per heavy atom. The largest absolute Gasteiger partial charge is 0.483 e. The van der Waals surface area contributed by atoms with Crippen LogP contribution in [0.2, 0.25) is 0 Å². The van der Waals surface area contributed by atoms with E-state index in [-0.39, 0.29) is 0 Å². The summed E-state index contributed by atoms with van der Waals surface area (Å²) in [4.78, 5) is 0. The minimum Gasteiger partial charge on any atom is -0.483 e. The molecule has 148 valence electrons. The molecule has 2 aromatic carbocycles. The first-order valence-electron chi connectivity index (χ1n) is 9.75. The minimum absolute atomic E-state index is 0.485. The van der Waals surface area contributed by atoms with Crippen molar-refractivity contribution in [2.75, 3.05) is 11.9 Å². The van der Waals surface area contributed by atoms with Crippen LogP contribution in [-0.4, -0.2) is 6.61 Å². The Balaban J connectivity index is 1.41. The molecule has 2 aliphatic rings. The van der Waals surface area contributed by atoms with Crippen LogP contribution in [0.3, 0.4) is 0 Å². The maximum atomic E-state index is 6.66. The topological polar surface area (TPSA) is 58.1 Å². The van der Waals surface area contributed by atoms with Crippen molar-refractivity contribution >= 4 is 23.0 Å². The molecule has 0 spiro atoms. The lowest BCUT2D eigenvalue weighted by Crippen LogP contribution is -2.40. The monoisotopic (exact) mass is 407 g/mol. The van der Waals surface area contributed by atoms with Gasteiger partial charge in [-0.25, -0.2) is 0 Å². The van der Waals surface area contributed by atoms with Crippen molar-refractivity contribution in [3.05, 3.63) is 94.9 Å². The predicted molar refractivity (Wildman–Crippen MR) is 117 cm³/mol. The maximum absolute atomic E-state index is 6.66. The Morgan fingerprint density at radius 3 is 2.76 bits per heavy atom. The molecule has 2 aromatic rings. The van der Waals surface area contributed by atoms with E-state index in [9.17, 15) is 0 Å². The number of hydrogen-bond acceptors (Lipinski definition) is 3. The van der Waals surface area contributed by atoms with Gasteiger partial charge in [0.1, 0.15) is 6.61 Å². The lowest BCUT2D eigenvalue weighted by atomic mass is 9.94. The molecule has 1 heterocycles. The highest BCUT2D eigenvalue weighted by Gasteiger charge is 2.16. The summed E-state index contributed by atoms with van der Waals surface area (Å²) in [5.41, 5.74) is 8.10. The van der Waals surface area contributed by atoms with E-state index >= 15 is 0 Å². The molecule has 0 radical (unpaired) electrons. The first kappa shape index (κ1) is 19.4. The van der Waals surface area contributed by atoms with Gasteiger partial charge in [0, 0.05) is 11.1 Å². The molecule has 1 aliphatic heterocycles. The molecule has 4 nitrogen and oxygen atoms in total. The molecule has 4 rings (SSSR count). The number of nitrogens with one attached hydrogen (secondary N) is 1. The van der Waals surface area contributed by atoms with Crippen LogP contribution in [0, 0.1) is 0 Å². The summed E-state index contributed by atoms with van der Waals surface area (Å²) >= 11 is 6.66. The van der Waals surface area contributed by atoms with Crippen molar-refractivity contribution in [1.29, 1.82) is 0 Å². The standard InChI is InChI=1S/C24H23ClN2O2/c25-24-17(9-6-16-28-21-12-3-1-10-19(21)26)7-5-8-18(24)14-15-23-27-20-11-2-4-13-22(20)29-23/h1-4,6,9-15,27H,5,7-8,16,26H2/p+1/b9-6+,18-14+,23-15-. The molecule has 0 fully saturated rings. The second-order valence-corrected chi connectivity index (χ2v) is 7.34. The first-order chi connectivity index (χ1) is 14.2. The smallest absolute Gasteiger partial charge is 0.198 e. The molecule has 0 aromatic heterocycles. The summed E-state index contributed by atoms with van der Waals surface area (Å²) < 4.78 is 11.6. The summed E-state index contributed by atoms with van der Waals surface area (Å²) in [5, 5.41) is 4.08. The van der Waals surface area contributed by atoms with Crippen molar-refractivity contribution < 1.29 is 15.2 Å². The van der Waals surface area contributed by atoms with E-state index in [1.54, 1.807) is 0 Å². The number of para-hydroxylation sites is 3. The van der Waals surface area contributed by atoms with E-state index in [0.717, 1.165) is 58.3 Å². The maximum Gasteiger partial charge on any atom is 0.198 e. The van der Waals surface area contributed by atoms with Crippen LogP contribution in [0.4, 0.5) is 11.4 Å². The Bertz CT molecular complexity index is 994. The predicted octanol–water partition coefficient (Wildman–Crippen LogP) is 5.44. The van der Waals surface area contributed by atoms with E-state index in [2.05, 4.69) is 17.1 Å². The summed E-state index contributed by atoms with van der Waals surface area (Å²) in [6.45, 7) is 0.485. The molecular formula is C24H24ClN2O2+. The lowest BCUT2D eigenvalue weighted by Gasteiger charge is -2.16. The van der Waals surface area contributed by atoms with Crippen LogP contribution in [0.5, 0.6) is 11.5 Å². The number of fused-ring (bicyclic) bond motifs is 1. The third kappa shape index (κ3) is 4.73. The van der Waals surface area contributed by atoms with E-state index < -0.39 is 0 Å². The third-order valence-electron chi connectivity index (χ3n) is 4.88. The fraction of sp³-hybridized carbons (Fsp3) is 0.167. The van der Waals surface area contributed by atoms with E-state index in [0.29, 0.717) is 12.5 Å². The third-order valence-corrected chi connectivity index (χ3v) is 5.37. The summed E-state index contributed by atoms with van der Waals surface area (Å²) in [7, 11) is 0. The van der Waals surface area contributed by atoms with E-state index in [1.165, 1.54) is 0 Å². The molecule has 29 heavy (non-hydrogen) atoms. The zero-order valence-electron chi connectivity index (χ0n) is 16.2. The molecule has 0 saturated carbocycles. The molecule has 0 atom stereocenters. The average molecular weight is 408 g/mol. The Hall–Kier alpha value is -2.95. The van der Waals surface area contributed by atoms with Gasteiger partial charge in [0.2, 0.25) is 0 Å². The normalized spacial score (nSPS) is 18.8. The SMILES string of the molecule is [NH3+]c1ccccc1OC/C=C/C1=C(Cl)C(=C/C=C2/Nc3ccccc3O2)/CCC1. The molecule has 5 heteroatoms. The Morgan fingerprint density at radius 2 is 1.90 bits per heavy atom. The van der Waals surface area contributed by atoms with Gasteiger partial charge in [0.05, 0.1) is 5.69 Å². The van der Waals surface area contributed by atoms with Gasteiger partial charge >= 0.3 is 0 Å². The molecule has 0 bridgehead atoms. The second kappa shape index (κ2) is 9.03. The van der Waals surface area contributed by atoms with Gasteiger partial charge in [-0.05, 0) is 60.8 Å². The number of quaternary nitrogens is 1. The van der Waals surface area contributed by atoms with Crippen LogP contribution < -0.4 is 20.5 Å². The average Bonchev–Trinajstić information content (AvgIpc) is 3.15. The van der Waals surface area contributed by atoms with Gasteiger partial charge in [0.15, 0.2) is 23.1 Å². The first-order valence-corrected chi connectivity index (χ1v) is 10.1. The zero-order valence-corrected chi connectivity index (χ0v) is 16.9. The number of benzene rings is 2. The van der Waals surface area contributed by atoms with Crippen molar-refractivity contribution in [2.45, 2.75) is 19.3 Å². The van der Waals surface area contributed by atoms with Gasteiger partial charge < -0.3 is 20.5 Å². The number of rotatable bonds is 5. The van der Waals surface area contributed by atoms with Gasteiger partial charge in [-0.2, -0.15) is 0 Å².